The van der Waals surface area contributed by atoms with E-state index in [0.717, 1.165) is 21.6 Å². The molecule has 0 saturated carbocycles. The molecule has 3 rings (SSSR count). The third-order valence-corrected chi connectivity index (χ3v) is 6.61. The zero-order chi connectivity index (χ0) is 22.5. The molecule has 2 aromatic heterocycles. The van der Waals surface area contributed by atoms with Crippen LogP contribution in [0.25, 0.3) is 11.4 Å². The summed E-state index contributed by atoms with van der Waals surface area (Å²) in [7, 11) is 0. The number of amides is 1. The SMILES string of the molecule is CCOC(=O)c1c(NC(=O)CSc2nnc(-c3ccc(C)cc3)n2N)sc(C)c1CC. The Bertz CT molecular complexity index is 1090. The van der Waals surface area contributed by atoms with Crippen LogP contribution in [0.4, 0.5) is 5.00 Å². The Labute approximate surface area is 189 Å². The highest BCUT2D eigenvalue weighted by molar-refractivity contribution is 7.99. The van der Waals surface area contributed by atoms with Crippen LogP contribution in [0.2, 0.25) is 0 Å². The van der Waals surface area contributed by atoms with Crippen molar-refractivity contribution in [3.05, 3.63) is 45.8 Å². The quantitative estimate of drug-likeness (QED) is 0.299. The number of carbonyl (C=O) groups is 2. The van der Waals surface area contributed by atoms with Gasteiger partial charge in [0.05, 0.1) is 17.9 Å². The van der Waals surface area contributed by atoms with Gasteiger partial charge in [0.15, 0.2) is 5.82 Å². The molecule has 31 heavy (non-hydrogen) atoms. The van der Waals surface area contributed by atoms with Crippen molar-refractivity contribution in [1.29, 1.82) is 0 Å². The summed E-state index contributed by atoms with van der Waals surface area (Å²) in [4.78, 5) is 26.0. The van der Waals surface area contributed by atoms with Crippen molar-refractivity contribution in [2.75, 3.05) is 23.5 Å². The molecule has 0 atom stereocenters. The Kier molecular flexibility index (Phi) is 7.34. The highest BCUT2D eigenvalue weighted by Crippen LogP contribution is 2.34. The molecule has 0 saturated heterocycles. The van der Waals surface area contributed by atoms with Gasteiger partial charge in [0.1, 0.15) is 5.00 Å². The lowest BCUT2D eigenvalue weighted by Gasteiger charge is -2.08. The molecule has 0 fully saturated rings. The average molecular weight is 460 g/mol. The smallest absolute Gasteiger partial charge is 0.341 e. The van der Waals surface area contributed by atoms with E-state index in [1.807, 2.05) is 45.0 Å². The molecule has 0 aliphatic rings. The number of carbonyl (C=O) groups excluding carboxylic acids is 2. The predicted octanol–water partition coefficient (Wildman–Crippen LogP) is 3.81. The predicted molar refractivity (Wildman–Crippen MR) is 124 cm³/mol. The minimum absolute atomic E-state index is 0.0733. The van der Waals surface area contributed by atoms with Crippen LogP contribution in [0, 0.1) is 13.8 Å². The van der Waals surface area contributed by atoms with E-state index in [9.17, 15) is 9.59 Å². The van der Waals surface area contributed by atoms with Gasteiger partial charge in [-0.05, 0) is 32.8 Å². The van der Waals surface area contributed by atoms with Gasteiger partial charge in [-0.1, -0.05) is 48.5 Å². The fourth-order valence-corrected chi connectivity index (χ4v) is 4.89. The number of ether oxygens (including phenoxy) is 1. The first-order valence-electron chi connectivity index (χ1n) is 9.85. The second-order valence-electron chi connectivity index (χ2n) is 6.79. The number of hydrogen-bond donors (Lipinski definition) is 2. The first-order chi connectivity index (χ1) is 14.8. The van der Waals surface area contributed by atoms with Crippen molar-refractivity contribution in [1.82, 2.24) is 14.9 Å². The maximum absolute atomic E-state index is 12.6. The lowest BCUT2D eigenvalue weighted by molar-refractivity contribution is -0.113. The topological polar surface area (TPSA) is 112 Å². The normalized spacial score (nSPS) is 10.8. The van der Waals surface area contributed by atoms with Crippen molar-refractivity contribution in [2.45, 2.75) is 39.3 Å². The molecule has 0 unspecified atom stereocenters. The maximum atomic E-state index is 12.6. The van der Waals surface area contributed by atoms with Crippen LogP contribution in [0.3, 0.4) is 0 Å². The number of nitrogen functional groups attached to an aromatic ring is 1. The van der Waals surface area contributed by atoms with E-state index in [4.69, 9.17) is 10.6 Å². The van der Waals surface area contributed by atoms with E-state index < -0.39 is 5.97 Å². The Balaban J connectivity index is 1.70. The van der Waals surface area contributed by atoms with Gasteiger partial charge in [-0.2, -0.15) is 0 Å². The Morgan fingerprint density at radius 3 is 2.55 bits per heavy atom. The van der Waals surface area contributed by atoms with Crippen LogP contribution >= 0.6 is 23.1 Å². The molecule has 1 aromatic carbocycles. The van der Waals surface area contributed by atoms with E-state index in [2.05, 4.69) is 15.5 Å². The molecule has 3 aromatic rings. The summed E-state index contributed by atoms with van der Waals surface area (Å²) in [5, 5.41) is 12.0. The molecule has 0 aliphatic carbocycles. The van der Waals surface area contributed by atoms with Gasteiger partial charge in [-0.15, -0.1) is 21.5 Å². The second-order valence-corrected chi connectivity index (χ2v) is 8.96. The molecule has 164 valence electrons. The van der Waals surface area contributed by atoms with Gasteiger partial charge in [0, 0.05) is 10.4 Å². The van der Waals surface area contributed by atoms with E-state index >= 15 is 0 Å². The lowest BCUT2D eigenvalue weighted by atomic mass is 10.1. The van der Waals surface area contributed by atoms with Crippen molar-refractivity contribution >= 4 is 40.0 Å². The number of aromatic nitrogens is 3. The Hall–Kier alpha value is -2.85. The number of anilines is 1. The fraction of sp³-hybridized carbons (Fsp3) is 0.333. The summed E-state index contributed by atoms with van der Waals surface area (Å²) in [6.07, 6.45) is 0.680. The molecule has 3 N–H and O–H groups in total. The molecule has 0 aliphatic heterocycles. The van der Waals surface area contributed by atoms with Crippen LogP contribution in [0.15, 0.2) is 29.4 Å². The van der Waals surface area contributed by atoms with E-state index in [1.54, 1.807) is 6.92 Å². The minimum atomic E-state index is -0.420. The number of nitrogens with two attached hydrogens (primary N) is 1. The number of thiophene rings is 1. The first kappa shape index (κ1) is 22.8. The zero-order valence-electron chi connectivity index (χ0n) is 17.9. The monoisotopic (exact) mass is 459 g/mol. The highest BCUT2D eigenvalue weighted by atomic mass is 32.2. The third kappa shape index (κ3) is 5.08. The zero-order valence-corrected chi connectivity index (χ0v) is 19.5. The highest BCUT2D eigenvalue weighted by Gasteiger charge is 2.23. The van der Waals surface area contributed by atoms with Crippen molar-refractivity contribution < 1.29 is 14.3 Å². The van der Waals surface area contributed by atoms with Crippen LogP contribution < -0.4 is 11.2 Å². The van der Waals surface area contributed by atoms with Crippen molar-refractivity contribution in [3.8, 4) is 11.4 Å². The molecule has 10 heteroatoms. The summed E-state index contributed by atoms with van der Waals surface area (Å²) >= 11 is 2.55. The molecule has 0 bridgehead atoms. The lowest BCUT2D eigenvalue weighted by Crippen LogP contribution is -2.18. The van der Waals surface area contributed by atoms with Crippen molar-refractivity contribution in [3.63, 3.8) is 0 Å². The number of esters is 1. The molecular formula is C21H25N5O3S2. The molecule has 8 nitrogen and oxygen atoms in total. The van der Waals surface area contributed by atoms with Crippen molar-refractivity contribution in [2.24, 2.45) is 0 Å². The van der Waals surface area contributed by atoms with Gasteiger partial charge >= 0.3 is 5.97 Å². The number of rotatable bonds is 8. The van der Waals surface area contributed by atoms with E-state index in [-0.39, 0.29) is 18.3 Å². The number of aryl methyl sites for hydroxylation is 2. The number of hydrogen-bond acceptors (Lipinski definition) is 8. The molecule has 0 radical (unpaired) electrons. The van der Waals surface area contributed by atoms with E-state index in [0.29, 0.717) is 28.0 Å². The van der Waals surface area contributed by atoms with E-state index in [1.165, 1.54) is 27.8 Å². The Morgan fingerprint density at radius 1 is 1.19 bits per heavy atom. The molecule has 2 heterocycles. The van der Waals surface area contributed by atoms with Gasteiger partial charge < -0.3 is 15.9 Å². The first-order valence-corrected chi connectivity index (χ1v) is 11.6. The summed E-state index contributed by atoms with van der Waals surface area (Å²) in [6, 6.07) is 7.79. The standard InChI is InChI=1S/C21H25N5O3S2/c1-5-15-13(4)31-19(17(15)20(28)29-6-2)23-16(27)11-30-21-25-24-18(26(21)22)14-9-7-12(3)8-10-14/h7-10H,5-6,11,22H2,1-4H3,(H,23,27). The maximum Gasteiger partial charge on any atom is 0.341 e. The number of thioether (sulfide) groups is 1. The van der Waals surface area contributed by atoms with Gasteiger partial charge in [0.25, 0.3) is 0 Å². The second kappa shape index (κ2) is 9.97. The number of nitrogens with one attached hydrogen (secondary N) is 1. The summed E-state index contributed by atoms with van der Waals surface area (Å²) < 4.78 is 6.55. The molecule has 1 amide bonds. The summed E-state index contributed by atoms with van der Waals surface area (Å²) in [6.45, 7) is 7.93. The fourth-order valence-electron chi connectivity index (χ4n) is 3.08. The van der Waals surface area contributed by atoms with Crippen LogP contribution in [-0.2, 0) is 16.0 Å². The summed E-state index contributed by atoms with van der Waals surface area (Å²) in [5.74, 6) is 6.04. The van der Waals surface area contributed by atoms with Crippen LogP contribution in [0.1, 0.15) is 40.2 Å². The van der Waals surface area contributed by atoms with Gasteiger partial charge in [-0.25, -0.2) is 9.47 Å². The third-order valence-electron chi connectivity index (χ3n) is 4.60. The summed E-state index contributed by atoms with van der Waals surface area (Å²) in [5.41, 5.74) is 3.32. The molecule has 0 spiro atoms. The average Bonchev–Trinajstić information content (AvgIpc) is 3.26. The number of benzene rings is 1. The minimum Gasteiger partial charge on any atom is -0.462 e. The van der Waals surface area contributed by atoms with Crippen LogP contribution in [-0.4, -0.2) is 39.1 Å². The molecular weight excluding hydrogens is 434 g/mol. The largest absolute Gasteiger partial charge is 0.462 e. The van der Waals surface area contributed by atoms with Gasteiger partial charge in [-0.3, -0.25) is 4.79 Å². The van der Waals surface area contributed by atoms with Gasteiger partial charge in [0.2, 0.25) is 11.1 Å². The Morgan fingerprint density at radius 2 is 1.90 bits per heavy atom. The van der Waals surface area contributed by atoms with Crippen LogP contribution in [0.5, 0.6) is 0 Å². The number of nitrogens with zero attached hydrogens (tertiary/aromatic N) is 3.